The second-order valence-electron chi connectivity index (χ2n) is 6.75. The highest BCUT2D eigenvalue weighted by Crippen LogP contribution is 2.25. The van der Waals surface area contributed by atoms with Gasteiger partial charge in [-0.05, 0) is 48.5 Å². The number of anilines is 3. The summed E-state index contributed by atoms with van der Waals surface area (Å²) in [6.07, 6.45) is 3.13. The lowest BCUT2D eigenvalue weighted by atomic mass is 10.2. The highest BCUT2D eigenvalue weighted by atomic mass is 19.1. The Hall–Kier alpha value is -3.52. The molecule has 1 aliphatic rings. The van der Waals surface area contributed by atoms with Crippen molar-refractivity contribution in [3.05, 3.63) is 66.9 Å². The Morgan fingerprint density at radius 3 is 2.59 bits per heavy atom. The third kappa shape index (κ3) is 3.50. The van der Waals surface area contributed by atoms with Gasteiger partial charge < -0.3 is 15.0 Å². The van der Waals surface area contributed by atoms with Crippen LogP contribution in [-0.2, 0) is 4.74 Å². The van der Waals surface area contributed by atoms with Gasteiger partial charge in [0.05, 0.1) is 36.2 Å². The third-order valence-corrected chi connectivity index (χ3v) is 4.93. The second-order valence-corrected chi connectivity index (χ2v) is 6.75. The zero-order chi connectivity index (χ0) is 19.6. The topological polar surface area (TPSA) is 67.6 Å². The lowest BCUT2D eigenvalue weighted by molar-refractivity contribution is 0.122. The van der Waals surface area contributed by atoms with Crippen molar-refractivity contribution < 1.29 is 9.13 Å². The quantitative estimate of drug-likeness (QED) is 0.538. The molecule has 0 amide bonds. The van der Waals surface area contributed by atoms with Crippen molar-refractivity contribution in [1.29, 1.82) is 0 Å². The number of rotatable bonds is 4. The molecule has 146 valence electrons. The van der Waals surface area contributed by atoms with E-state index in [-0.39, 0.29) is 0 Å². The molecule has 4 aromatic rings. The van der Waals surface area contributed by atoms with E-state index in [1.165, 1.54) is 6.20 Å². The minimum atomic E-state index is -0.528. The first kappa shape index (κ1) is 17.6. The first-order valence-corrected chi connectivity index (χ1v) is 9.43. The molecule has 0 bridgehead atoms. The van der Waals surface area contributed by atoms with Crippen LogP contribution in [0.25, 0.3) is 16.8 Å². The van der Waals surface area contributed by atoms with Gasteiger partial charge in [0.1, 0.15) is 0 Å². The van der Waals surface area contributed by atoms with Crippen LogP contribution in [0.4, 0.5) is 21.7 Å². The Labute approximate surface area is 166 Å². The molecule has 0 radical (unpaired) electrons. The molecule has 7 nitrogen and oxygen atoms in total. The molecule has 0 atom stereocenters. The molecule has 1 saturated heterocycles. The summed E-state index contributed by atoms with van der Waals surface area (Å²) in [6, 6.07) is 15.2. The maximum atomic E-state index is 14.1. The Balaban J connectivity index is 1.41. The van der Waals surface area contributed by atoms with Crippen LogP contribution in [-0.4, -0.2) is 45.9 Å². The second kappa shape index (κ2) is 7.48. The van der Waals surface area contributed by atoms with Crippen LogP contribution in [0.3, 0.4) is 0 Å². The van der Waals surface area contributed by atoms with Crippen LogP contribution < -0.4 is 10.2 Å². The van der Waals surface area contributed by atoms with E-state index in [0.29, 0.717) is 17.2 Å². The maximum absolute atomic E-state index is 14.1. The van der Waals surface area contributed by atoms with Crippen LogP contribution in [0, 0.1) is 5.95 Å². The molecule has 29 heavy (non-hydrogen) atoms. The van der Waals surface area contributed by atoms with Crippen molar-refractivity contribution in [2.24, 2.45) is 0 Å². The van der Waals surface area contributed by atoms with Gasteiger partial charge in [0.15, 0.2) is 0 Å². The molecular formula is C21H19FN6O. The van der Waals surface area contributed by atoms with Crippen molar-refractivity contribution in [2.75, 3.05) is 36.5 Å². The average Bonchev–Trinajstić information content (AvgIpc) is 3.18. The normalized spacial score (nSPS) is 14.3. The number of morpholine rings is 1. The molecule has 0 aliphatic carbocycles. The number of pyridine rings is 1. The lowest BCUT2D eigenvalue weighted by Gasteiger charge is -2.28. The van der Waals surface area contributed by atoms with Crippen molar-refractivity contribution in [2.45, 2.75) is 0 Å². The fourth-order valence-corrected chi connectivity index (χ4v) is 3.45. The molecule has 1 aliphatic heterocycles. The number of halogens is 1. The number of nitrogens with one attached hydrogen (secondary N) is 1. The van der Waals surface area contributed by atoms with Gasteiger partial charge in [-0.3, -0.25) is 0 Å². The third-order valence-electron chi connectivity index (χ3n) is 4.93. The molecule has 8 heteroatoms. The van der Waals surface area contributed by atoms with Crippen LogP contribution >= 0.6 is 0 Å². The molecule has 0 saturated carbocycles. The monoisotopic (exact) mass is 390 g/mol. The van der Waals surface area contributed by atoms with Crippen LogP contribution in [0.5, 0.6) is 0 Å². The van der Waals surface area contributed by atoms with E-state index < -0.39 is 5.95 Å². The van der Waals surface area contributed by atoms with Crippen molar-refractivity contribution in [3.8, 4) is 11.3 Å². The predicted molar refractivity (Wildman–Crippen MR) is 109 cm³/mol. The first-order valence-electron chi connectivity index (χ1n) is 9.43. The van der Waals surface area contributed by atoms with Gasteiger partial charge in [0, 0.05) is 30.7 Å². The molecule has 5 rings (SSSR count). The molecule has 1 N–H and O–H groups in total. The summed E-state index contributed by atoms with van der Waals surface area (Å²) in [4.78, 5) is 10.4. The summed E-state index contributed by atoms with van der Waals surface area (Å²) >= 11 is 0. The van der Waals surface area contributed by atoms with Gasteiger partial charge in [-0.2, -0.15) is 4.39 Å². The summed E-state index contributed by atoms with van der Waals surface area (Å²) < 4.78 is 21.2. The van der Waals surface area contributed by atoms with Gasteiger partial charge >= 0.3 is 0 Å². The summed E-state index contributed by atoms with van der Waals surface area (Å²) in [6.45, 7) is 3.30. The van der Waals surface area contributed by atoms with Crippen molar-refractivity contribution in [1.82, 2.24) is 19.6 Å². The van der Waals surface area contributed by atoms with Crippen LogP contribution in [0.1, 0.15) is 0 Å². The van der Waals surface area contributed by atoms with E-state index in [1.54, 1.807) is 22.8 Å². The summed E-state index contributed by atoms with van der Waals surface area (Å²) in [5, 5.41) is 7.75. The van der Waals surface area contributed by atoms with E-state index in [1.807, 2.05) is 24.3 Å². The lowest BCUT2D eigenvalue weighted by Crippen LogP contribution is -2.36. The smallest absolute Gasteiger partial charge is 0.245 e. The maximum Gasteiger partial charge on any atom is 0.245 e. The van der Waals surface area contributed by atoms with E-state index in [4.69, 9.17) is 4.74 Å². The molecule has 1 aromatic carbocycles. The van der Waals surface area contributed by atoms with E-state index >= 15 is 0 Å². The number of hydrogen-bond acceptors (Lipinski definition) is 6. The first-order chi connectivity index (χ1) is 14.3. The largest absolute Gasteiger partial charge is 0.378 e. The zero-order valence-corrected chi connectivity index (χ0v) is 15.6. The average molecular weight is 390 g/mol. The Bertz CT molecular complexity index is 1140. The zero-order valence-electron chi connectivity index (χ0n) is 15.6. The number of ether oxygens (including phenoxy) is 1. The van der Waals surface area contributed by atoms with Gasteiger partial charge in [-0.1, -0.05) is 0 Å². The van der Waals surface area contributed by atoms with Crippen LogP contribution in [0.2, 0.25) is 0 Å². The standard InChI is InChI=1S/C21H19FN6O/c22-20-18(2-1-9-23-20)19-8-7-17-14-24-21(26-28(17)19)25-15-3-5-16(6-4-15)27-10-12-29-13-11-27/h1-9,14H,10-13H2,(H,25,26). The fourth-order valence-electron chi connectivity index (χ4n) is 3.45. The Morgan fingerprint density at radius 1 is 0.966 bits per heavy atom. The number of fused-ring (bicyclic) bond motifs is 1. The fraction of sp³-hybridized carbons (Fsp3) is 0.190. The highest BCUT2D eigenvalue weighted by molar-refractivity contribution is 5.67. The minimum absolute atomic E-state index is 0.395. The predicted octanol–water partition coefficient (Wildman–Crippen LogP) is 3.51. The van der Waals surface area contributed by atoms with E-state index in [9.17, 15) is 4.39 Å². The molecule has 0 spiro atoms. The van der Waals surface area contributed by atoms with Gasteiger partial charge in [0.25, 0.3) is 0 Å². The molecule has 1 fully saturated rings. The van der Waals surface area contributed by atoms with E-state index in [2.05, 4.69) is 37.4 Å². The minimum Gasteiger partial charge on any atom is -0.378 e. The highest BCUT2D eigenvalue weighted by Gasteiger charge is 2.13. The van der Waals surface area contributed by atoms with Gasteiger partial charge in [0.2, 0.25) is 11.9 Å². The number of benzene rings is 1. The Kier molecular flexibility index (Phi) is 4.53. The molecule has 3 aromatic heterocycles. The van der Waals surface area contributed by atoms with E-state index in [0.717, 1.165) is 43.2 Å². The molecular weight excluding hydrogens is 371 g/mol. The summed E-state index contributed by atoms with van der Waals surface area (Å²) in [7, 11) is 0. The van der Waals surface area contributed by atoms with Crippen molar-refractivity contribution >= 4 is 22.8 Å². The van der Waals surface area contributed by atoms with Gasteiger partial charge in [-0.15, -0.1) is 5.10 Å². The molecule has 0 unspecified atom stereocenters. The summed E-state index contributed by atoms with van der Waals surface area (Å²) in [5.41, 5.74) is 3.83. The number of hydrogen-bond donors (Lipinski definition) is 1. The Morgan fingerprint density at radius 2 is 1.79 bits per heavy atom. The SMILES string of the molecule is Fc1ncccc1-c1ccc2cnc(Nc3ccc(N4CCOCC4)cc3)nn12. The van der Waals surface area contributed by atoms with Crippen LogP contribution in [0.15, 0.2) is 60.9 Å². The number of nitrogens with zero attached hydrogens (tertiary/aromatic N) is 5. The van der Waals surface area contributed by atoms with Gasteiger partial charge in [-0.25, -0.2) is 14.5 Å². The number of aromatic nitrogens is 4. The summed E-state index contributed by atoms with van der Waals surface area (Å²) in [5.74, 6) is -0.0994. The van der Waals surface area contributed by atoms with Crippen molar-refractivity contribution in [3.63, 3.8) is 0 Å². The molecule has 4 heterocycles.